The number of hydrogen-bond acceptors (Lipinski definition) is 4. The minimum atomic E-state index is -1.35. The van der Waals surface area contributed by atoms with Gasteiger partial charge in [-0.2, -0.15) is 0 Å². The number of aromatic nitrogens is 2. The summed E-state index contributed by atoms with van der Waals surface area (Å²) in [5.41, 5.74) is 2.91. The van der Waals surface area contributed by atoms with E-state index in [4.69, 9.17) is 28.3 Å². The highest BCUT2D eigenvalue weighted by atomic mass is 35.5. The lowest BCUT2D eigenvalue weighted by Crippen LogP contribution is -2.20. The van der Waals surface area contributed by atoms with E-state index < -0.39 is 35.0 Å². The number of carboxylic acid groups (broad SMARTS) is 1. The quantitative estimate of drug-likeness (QED) is 0.129. The van der Waals surface area contributed by atoms with Crippen LogP contribution < -0.4 is 16.0 Å². The molecule has 0 aliphatic carbocycles. The smallest absolute Gasteiger partial charge is 0.340 e. The van der Waals surface area contributed by atoms with Crippen molar-refractivity contribution in [2.45, 2.75) is 13.5 Å². The molecular weight excluding hydrogens is 646 g/mol. The average Bonchev–Trinajstić information content (AvgIpc) is 3.61. The van der Waals surface area contributed by atoms with Crippen molar-refractivity contribution < 1.29 is 32.7 Å². The van der Waals surface area contributed by atoms with Crippen molar-refractivity contribution in [3.8, 4) is 22.5 Å². The number of nitrogens with zero attached hydrogens (tertiary/aromatic N) is 1. The molecule has 1 aliphatic rings. The van der Waals surface area contributed by atoms with E-state index in [-0.39, 0.29) is 39.4 Å². The maximum atomic E-state index is 15.2. The molecule has 0 fully saturated rings. The van der Waals surface area contributed by atoms with Gasteiger partial charge in [-0.3, -0.25) is 4.79 Å². The summed E-state index contributed by atoms with van der Waals surface area (Å²) in [5.74, 6) is -3.16. The summed E-state index contributed by atoms with van der Waals surface area (Å²) in [7, 11) is 0. The fourth-order valence-electron chi connectivity index (χ4n) is 4.75. The van der Waals surface area contributed by atoms with Gasteiger partial charge in [0.15, 0.2) is 0 Å². The predicted octanol–water partition coefficient (Wildman–Crippen LogP) is 8.05. The number of hydrogen-bond donors (Lipinski definition) is 5. The number of aromatic amines is 1. The highest BCUT2D eigenvalue weighted by Gasteiger charge is 2.28. The number of imidazole rings is 1. The Balaban J connectivity index is 0.000000322. The SMILES string of the molecule is Cc1cnc(-c2ccc(-c3ccc(NC(=O)Nc4c(F)cccc4Cl)cc3F)c3c2C(=O)NC3)[nH]1.O=C(O)c1c(F)cccc1Cl. The molecule has 1 aromatic heterocycles. The molecular formula is C32H22Cl2F3N5O4. The van der Waals surface area contributed by atoms with Crippen molar-refractivity contribution in [3.05, 3.63) is 123 Å². The van der Waals surface area contributed by atoms with E-state index in [0.717, 1.165) is 23.9 Å². The van der Waals surface area contributed by atoms with E-state index in [9.17, 15) is 23.2 Å². The summed E-state index contributed by atoms with van der Waals surface area (Å²) < 4.78 is 41.7. The molecule has 0 unspecified atom stereocenters. The van der Waals surface area contributed by atoms with Gasteiger partial charge in [-0.05, 0) is 66.6 Å². The normalized spacial score (nSPS) is 11.7. The van der Waals surface area contributed by atoms with Gasteiger partial charge in [0, 0.05) is 35.2 Å². The van der Waals surface area contributed by atoms with Crippen molar-refractivity contribution >= 4 is 52.5 Å². The highest BCUT2D eigenvalue weighted by Crippen LogP contribution is 2.37. The fourth-order valence-corrected chi connectivity index (χ4v) is 5.21. The average molecular weight is 668 g/mol. The molecule has 6 rings (SSSR count). The Hall–Kier alpha value is -5.33. The van der Waals surface area contributed by atoms with E-state index in [1.165, 1.54) is 36.4 Å². The van der Waals surface area contributed by atoms with Crippen molar-refractivity contribution in [1.82, 2.24) is 15.3 Å². The number of nitrogens with one attached hydrogen (secondary N) is 4. The Labute approximate surface area is 269 Å². The van der Waals surface area contributed by atoms with Crippen LogP contribution in [0, 0.1) is 24.4 Å². The largest absolute Gasteiger partial charge is 0.478 e. The molecule has 5 N–H and O–H groups in total. The first kappa shape index (κ1) is 32.1. The van der Waals surface area contributed by atoms with Crippen LogP contribution in [0.1, 0.15) is 32.0 Å². The minimum Gasteiger partial charge on any atom is -0.478 e. The van der Waals surface area contributed by atoms with E-state index in [2.05, 4.69) is 25.9 Å². The second kappa shape index (κ2) is 13.3. The zero-order valence-electron chi connectivity index (χ0n) is 23.6. The van der Waals surface area contributed by atoms with Gasteiger partial charge in [0.05, 0.1) is 21.3 Å². The number of aromatic carboxylic acids is 1. The van der Waals surface area contributed by atoms with Crippen LogP contribution in [0.25, 0.3) is 22.5 Å². The molecule has 0 bridgehead atoms. The van der Waals surface area contributed by atoms with Gasteiger partial charge < -0.3 is 26.0 Å². The third-order valence-electron chi connectivity index (χ3n) is 6.82. The van der Waals surface area contributed by atoms with Crippen LogP contribution in [0.15, 0.2) is 72.9 Å². The molecule has 0 spiro atoms. The first-order valence-electron chi connectivity index (χ1n) is 13.4. The molecule has 4 aromatic carbocycles. The van der Waals surface area contributed by atoms with Gasteiger partial charge in [0.2, 0.25) is 0 Å². The van der Waals surface area contributed by atoms with Crippen LogP contribution in [-0.4, -0.2) is 33.0 Å². The molecule has 3 amide bonds. The van der Waals surface area contributed by atoms with Crippen LogP contribution in [-0.2, 0) is 6.54 Å². The molecule has 0 radical (unpaired) electrons. The number of amides is 3. The molecule has 234 valence electrons. The Kier molecular flexibility index (Phi) is 9.31. The van der Waals surface area contributed by atoms with Crippen LogP contribution in [0.4, 0.5) is 29.3 Å². The number of carbonyl (C=O) groups is 3. The van der Waals surface area contributed by atoms with Crippen molar-refractivity contribution in [1.29, 1.82) is 0 Å². The Morgan fingerprint density at radius 1 is 0.870 bits per heavy atom. The van der Waals surface area contributed by atoms with Crippen LogP contribution in [0.3, 0.4) is 0 Å². The summed E-state index contributed by atoms with van der Waals surface area (Å²) in [4.78, 5) is 42.6. The number of H-pyrrole nitrogens is 1. The van der Waals surface area contributed by atoms with Gasteiger partial charge >= 0.3 is 12.0 Å². The second-order valence-electron chi connectivity index (χ2n) is 9.88. The maximum absolute atomic E-state index is 15.2. The summed E-state index contributed by atoms with van der Waals surface area (Å²) in [5, 5.41) is 15.9. The lowest BCUT2D eigenvalue weighted by molar-refractivity contribution is 0.0691. The number of aryl methyl sites for hydroxylation is 1. The molecule has 14 heteroatoms. The number of benzene rings is 4. The summed E-state index contributed by atoms with van der Waals surface area (Å²) in [6.45, 7) is 2.11. The van der Waals surface area contributed by atoms with Crippen molar-refractivity contribution in [2.24, 2.45) is 0 Å². The minimum absolute atomic E-state index is 0.0341. The van der Waals surface area contributed by atoms with Crippen LogP contribution in [0.2, 0.25) is 10.0 Å². The second-order valence-corrected chi connectivity index (χ2v) is 10.7. The Morgan fingerprint density at radius 2 is 1.54 bits per heavy atom. The topological polar surface area (TPSA) is 136 Å². The lowest BCUT2D eigenvalue weighted by atomic mass is 9.92. The molecule has 46 heavy (non-hydrogen) atoms. The Morgan fingerprint density at radius 3 is 2.15 bits per heavy atom. The van der Waals surface area contributed by atoms with Gasteiger partial charge in [-0.15, -0.1) is 0 Å². The van der Waals surface area contributed by atoms with Gasteiger partial charge in [0.25, 0.3) is 5.91 Å². The lowest BCUT2D eigenvalue weighted by Gasteiger charge is -2.13. The predicted molar refractivity (Wildman–Crippen MR) is 168 cm³/mol. The Bertz CT molecular complexity index is 1980. The highest BCUT2D eigenvalue weighted by molar-refractivity contribution is 6.34. The number of carbonyl (C=O) groups excluding carboxylic acids is 2. The number of carboxylic acids is 1. The number of para-hydroxylation sites is 1. The van der Waals surface area contributed by atoms with E-state index >= 15 is 4.39 Å². The number of fused-ring (bicyclic) bond motifs is 1. The van der Waals surface area contributed by atoms with Gasteiger partial charge in [-0.25, -0.2) is 27.7 Å². The van der Waals surface area contributed by atoms with E-state index in [1.54, 1.807) is 18.3 Å². The molecule has 0 atom stereocenters. The van der Waals surface area contributed by atoms with E-state index in [0.29, 0.717) is 28.1 Å². The van der Waals surface area contributed by atoms with Crippen LogP contribution in [0.5, 0.6) is 0 Å². The zero-order valence-corrected chi connectivity index (χ0v) is 25.2. The molecule has 9 nitrogen and oxygen atoms in total. The first-order valence-corrected chi connectivity index (χ1v) is 14.2. The fraction of sp³-hybridized carbons (Fsp3) is 0.0625. The molecule has 5 aromatic rings. The maximum Gasteiger partial charge on any atom is 0.340 e. The zero-order chi connectivity index (χ0) is 33.1. The number of urea groups is 1. The number of anilines is 2. The van der Waals surface area contributed by atoms with E-state index in [1.807, 2.05) is 6.92 Å². The standard InChI is InChI=1S/C25H18ClF2N5O2.C7H4ClFO2/c1-12-10-29-23(31-12)16-8-7-14(17-11-30-24(34)21(16)17)15-6-5-13(9-20(15)28)32-25(35)33-22-18(26)3-2-4-19(22)27;8-4-2-1-3-5(9)6(4)7(10)11/h2-10H,11H2,1H3,(H,29,31)(H,30,34)(H2,32,33,35);1-3H,(H,10,11). The summed E-state index contributed by atoms with van der Waals surface area (Å²) in [6.07, 6.45) is 1.67. The van der Waals surface area contributed by atoms with Crippen molar-refractivity contribution in [2.75, 3.05) is 10.6 Å². The first-order chi connectivity index (χ1) is 21.9. The number of rotatable bonds is 5. The summed E-state index contributed by atoms with van der Waals surface area (Å²) >= 11 is 11.3. The molecule has 0 saturated heterocycles. The third kappa shape index (κ3) is 6.67. The van der Waals surface area contributed by atoms with Gasteiger partial charge in [0.1, 0.15) is 28.8 Å². The third-order valence-corrected chi connectivity index (χ3v) is 7.45. The summed E-state index contributed by atoms with van der Waals surface area (Å²) in [6, 6.07) is 14.6. The molecule has 2 heterocycles. The van der Waals surface area contributed by atoms with Crippen molar-refractivity contribution in [3.63, 3.8) is 0 Å². The monoisotopic (exact) mass is 667 g/mol. The number of halogens is 5. The molecule has 1 aliphatic heterocycles. The van der Waals surface area contributed by atoms with Crippen LogP contribution >= 0.6 is 23.2 Å². The molecule has 0 saturated carbocycles. The van der Waals surface area contributed by atoms with Gasteiger partial charge in [-0.1, -0.05) is 41.4 Å².